The summed E-state index contributed by atoms with van der Waals surface area (Å²) in [7, 11) is 2.37. The second-order valence-corrected chi connectivity index (χ2v) is 4.34. The first-order valence-electron chi connectivity index (χ1n) is 5.60. The number of carbonyl (C=O) groups is 4. The lowest BCUT2D eigenvalue weighted by molar-refractivity contribution is -0.162. The van der Waals surface area contributed by atoms with E-state index < -0.39 is 29.7 Å². The highest BCUT2D eigenvalue weighted by atomic mass is 16.5. The molecule has 1 aliphatic carbocycles. The highest BCUT2D eigenvalue weighted by molar-refractivity contribution is 5.97. The molecular formula is C12H16O6. The number of hydrogen-bond donors (Lipinski definition) is 0. The molecule has 0 unspecified atom stereocenters. The molecule has 1 aliphatic rings. The van der Waals surface area contributed by atoms with Crippen LogP contribution in [0.1, 0.15) is 19.8 Å². The van der Waals surface area contributed by atoms with Gasteiger partial charge in [-0.25, -0.2) is 0 Å². The molecule has 0 heterocycles. The van der Waals surface area contributed by atoms with Crippen LogP contribution in [-0.2, 0) is 28.7 Å². The SMILES string of the molecule is COC(=O)[C@@H]1CC(=O)C[C@@H](C(=O)OC)C1C(C)=O. The van der Waals surface area contributed by atoms with Gasteiger partial charge in [0, 0.05) is 18.8 Å². The minimum atomic E-state index is -0.891. The molecule has 2 atom stereocenters. The molecule has 0 amide bonds. The summed E-state index contributed by atoms with van der Waals surface area (Å²) >= 11 is 0. The van der Waals surface area contributed by atoms with Crippen molar-refractivity contribution in [3.8, 4) is 0 Å². The molecule has 0 bridgehead atoms. The first-order valence-corrected chi connectivity index (χ1v) is 5.60. The van der Waals surface area contributed by atoms with Crippen molar-refractivity contribution in [2.75, 3.05) is 14.2 Å². The summed E-state index contributed by atoms with van der Waals surface area (Å²) in [5, 5.41) is 0. The maximum atomic E-state index is 11.6. The van der Waals surface area contributed by atoms with Crippen molar-refractivity contribution >= 4 is 23.5 Å². The Morgan fingerprint density at radius 2 is 1.39 bits per heavy atom. The summed E-state index contributed by atoms with van der Waals surface area (Å²) in [6, 6.07) is 0. The number of esters is 2. The van der Waals surface area contributed by atoms with Crippen molar-refractivity contribution in [1.29, 1.82) is 0 Å². The summed E-state index contributed by atoms with van der Waals surface area (Å²) in [6.07, 6.45) is -0.130. The Morgan fingerprint density at radius 1 is 1.00 bits per heavy atom. The van der Waals surface area contributed by atoms with E-state index in [2.05, 4.69) is 9.47 Å². The number of Topliss-reactive ketones (excluding diaryl/α,β-unsaturated/α-hetero) is 2. The quantitative estimate of drug-likeness (QED) is 0.667. The Morgan fingerprint density at radius 3 is 1.67 bits per heavy atom. The standard InChI is InChI=1S/C12H16O6/c1-6(13)10-8(11(15)17-2)4-7(14)5-9(10)12(16)18-3/h8-10H,4-5H2,1-3H3/t8-,9-/m1/s1. The molecule has 0 N–H and O–H groups in total. The van der Waals surface area contributed by atoms with Gasteiger partial charge in [-0.05, 0) is 6.92 Å². The molecule has 0 aliphatic heterocycles. The maximum absolute atomic E-state index is 11.6. The fourth-order valence-electron chi connectivity index (χ4n) is 2.44. The van der Waals surface area contributed by atoms with Crippen LogP contribution in [0.25, 0.3) is 0 Å². The van der Waals surface area contributed by atoms with Crippen molar-refractivity contribution in [1.82, 2.24) is 0 Å². The average molecular weight is 256 g/mol. The van der Waals surface area contributed by atoms with Crippen LogP contribution in [0.3, 0.4) is 0 Å². The summed E-state index contributed by atoms with van der Waals surface area (Å²) in [4.78, 5) is 46.4. The van der Waals surface area contributed by atoms with Crippen LogP contribution in [0.5, 0.6) is 0 Å². The van der Waals surface area contributed by atoms with Gasteiger partial charge in [0.15, 0.2) is 0 Å². The van der Waals surface area contributed by atoms with E-state index in [0.29, 0.717) is 0 Å². The van der Waals surface area contributed by atoms with Gasteiger partial charge >= 0.3 is 11.9 Å². The normalized spacial score (nSPS) is 24.5. The van der Waals surface area contributed by atoms with E-state index in [1.54, 1.807) is 0 Å². The van der Waals surface area contributed by atoms with Crippen molar-refractivity contribution in [3.05, 3.63) is 0 Å². The van der Waals surface area contributed by atoms with Crippen molar-refractivity contribution in [2.45, 2.75) is 19.8 Å². The van der Waals surface area contributed by atoms with Crippen LogP contribution in [0.4, 0.5) is 0 Å². The molecule has 100 valence electrons. The van der Waals surface area contributed by atoms with Gasteiger partial charge in [-0.15, -0.1) is 0 Å². The van der Waals surface area contributed by atoms with Crippen molar-refractivity contribution in [3.63, 3.8) is 0 Å². The summed E-state index contributed by atoms with van der Waals surface area (Å²) < 4.78 is 9.17. The summed E-state index contributed by atoms with van der Waals surface area (Å²) in [5.74, 6) is -4.46. The molecule has 1 fully saturated rings. The lowest BCUT2D eigenvalue weighted by atomic mass is 9.69. The number of carbonyl (C=O) groups excluding carboxylic acids is 4. The number of methoxy groups -OCH3 is 2. The molecule has 0 saturated heterocycles. The Bertz CT molecular complexity index is 358. The molecule has 1 rings (SSSR count). The lowest BCUT2D eigenvalue weighted by Gasteiger charge is -2.32. The van der Waals surface area contributed by atoms with Gasteiger partial charge in [0.1, 0.15) is 11.6 Å². The van der Waals surface area contributed by atoms with Gasteiger partial charge in [0.2, 0.25) is 0 Å². The monoisotopic (exact) mass is 256 g/mol. The van der Waals surface area contributed by atoms with E-state index in [4.69, 9.17) is 0 Å². The molecule has 0 radical (unpaired) electrons. The topological polar surface area (TPSA) is 86.7 Å². The molecule has 1 saturated carbocycles. The molecule has 0 aromatic carbocycles. The Balaban J connectivity index is 3.09. The van der Waals surface area contributed by atoms with Crippen LogP contribution in [0.2, 0.25) is 0 Å². The van der Waals surface area contributed by atoms with Gasteiger partial charge in [-0.2, -0.15) is 0 Å². The maximum Gasteiger partial charge on any atom is 0.309 e. The number of ether oxygens (including phenoxy) is 2. The molecule has 0 aromatic heterocycles. The largest absolute Gasteiger partial charge is 0.469 e. The second-order valence-electron chi connectivity index (χ2n) is 4.34. The number of rotatable bonds is 3. The predicted octanol–water partition coefficient (Wildman–Crippen LogP) is 0.133. The number of hydrogen-bond acceptors (Lipinski definition) is 6. The highest BCUT2D eigenvalue weighted by Gasteiger charge is 2.47. The lowest BCUT2D eigenvalue weighted by Crippen LogP contribution is -2.44. The van der Waals surface area contributed by atoms with E-state index >= 15 is 0 Å². The Hall–Kier alpha value is -1.72. The van der Waals surface area contributed by atoms with Crippen LogP contribution in [-0.4, -0.2) is 37.7 Å². The van der Waals surface area contributed by atoms with Crippen molar-refractivity contribution < 1.29 is 28.7 Å². The first-order chi connectivity index (χ1) is 8.42. The van der Waals surface area contributed by atoms with Crippen LogP contribution in [0, 0.1) is 17.8 Å². The van der Waals surface area contributed by atoms with Crippen LogP contribution >= 0.6 is 0 Å². The van der Waals surface area contributed by atoms with E-state index in [-0.39, 0.29) is 24.4 Å². The zero-order valence-electron chi connectivity index (χ0n) is 10.6. The predicted molar refractivity (Wildman–Crippen MR) is 59.4 cm³/mol. The molecule has 6 heteroatoms. The minimum Gasteiger partial charge on any atom is -0.469 e. The molecule has 6 nitrogen and oxygen atoms in total. The van der Waals surface area contributed by atoms with Gasteiger partial charge < -0.3 is 9.47 Å². The van der Waals surface area contributed by atoms with E-state index in [1.807, 2.05) is 0 Å². The van der Waals surface area contributed by atoms with Crippen molar-refractivity contribution in [2.24, 2.45) is 17.8 Å². The second kappa shape index (κ2) is 5.75. The zero-order chi connectivity index (χ0) is 13.9. The van der Waals surface area contributed by atoms with Gasteiger partial charge in [0.05, 0.1) is 26.1 Å². The average Bonchev–Trinajstić information content (AvgIpc) is 2.35. The Labute approximate surface area is 105 Å². The van der Waals surface area contributed by atoms with Gasteiger partial charge in [0.25, 0.3) is 0 Å². The third-order valence-electron chi connectivity index (χ3n) is 3.24. The smallest absolute Gasteiger partial charge is 0.309 e. The molecule has 0 spiro atoms. The van der Waals surface area contributed by atoms with E-state index in [9.17, 15) is 19.2 Å². The summed E-state index contributed by atoms with van der Waals surface area (Å²) in [6.45, 7) is 1.30. The van der Waals surface area contributed by atoms with E-state index in [0.717, 1.165) is 0 Å². The third-order valence-corrected chi connectivity index (χ3v) is 3.24. The van der Waals surface area contributed by atoms with Crippen LogP contribution < -0.4 is 0 Å². The highest BCUT2D eigenvalue weighted by Crippen LogP contribution is 2.35. The van der Waals surface area contributed by atoms with Crippen LogP contribution in [0.15, 0.2) is 0 Å². The molecule has 18 heavy (non-hydrogen) atoms. The number of ketones is 2. The molecular weight excluding hydrogens is 240 g/mol. The minimum absolute atomic E-state index is 0.0651. The van der Waals surface area contributed by atoms with E-state index in [1.165, 1.54) is 21.1 Å². The Kier molecular flexibility index (Phi) is 4.58. The first kappa shape index (κ1) is 14.3. The summed E-state index contributed by atoms with van der Waals surface area (Å²) in [5.41, 5.74) is 0. The van der Waals surface area contributed by atoms with Gasteiger partial charge in [-0.1, -0.05) is 0 Å². The fourth-order valence-corrected chi connectivity index (χ4v) is 2.44. The fraction of sp³-hybridized carbons (Fsp3) is 0.667. The van der Waals surface area contributed by atoms with Gasteiger partial charge in [-0.3, -0.25) is 19.2 Å². The zero-order valence-corrected chi connectivity index (χ0v) is 10.6. The molecule has 0 aromatic rings. The third kappa shape index (κ3) is 2.75.